The van der Waals surface area contributed by atoms with E-state index in [1.165, 1.54) is 5.56 Å². The van der Waals surface area contributed by atoms with Gasteiger partial charge in [0.2, 0.25) is 0 Å². The molecule has 0 saturated carbocycles. The number of methoxy groups -OCH3 is 1. The van der Waals surface area contributed by atoms with Crippen LogP contribution in [0.4, 0.5) is 0 Å². The lowest BCUT2D eigenvalue weighted by molar-refractivity contribution is 0.414. The smallest absolute Gasteiger partial charge is 0.140 e. The van der Waals surface area contributed by atoms with Crippen molar-refractivity contribution in [3.63, 3.8) is 0 Å². The predicted octanol–water partition coefficient (Wildman–Crippen LogP) is 2.70. The second kappa shape index (κ2) is 5.58. The maximum absolute atomic E-state index is 5.93. The van der Waals surface area contributed by atoms with Crippen LogP contribution in [0.25, 0.3) is 5.65 Å². The quantitative estimate of drug-likeness (QED) is 0.800. The van der Waals surface area contributed by atoms with Crippen LogP contribution in [0.1, 0.15) is 22.5 Å². The lowest BCUT2D eigenvalue weighted by atomic mass is 10.1. The van der Waals surface area contributed by atoms with Crippen molar-refractivity contribution in [3.05, 3.63) is 65.1 Å². The highest BCUT2D eigenvalue weighted by Gasteiger charge is 2.12. The third-order valence-corrected chi connectivity index (χ3v) is 3.75. The molecule has 0 aliphatic heterocycles. The molecule has 0 amide bonds. The van der Waals surface area contributed by atoms with E-state index >= 15 is 0 Å². The van der Waals surface area contributed by atoms with E-state index < -0.39 is 0 Å². The minimum Gasteiger partial charge on any atom is -0.497 e. The van der Waals surface area contributed by atoms with Crippen LogP contribution in [0, 0.1) is 6.92 Å². The number of ether oxygens (including phenoxy) is 1. The largest absolute Gasteiger partial charge is 0.497 e. The fourth-order valence-corrected chi connectivity index (χ4v) is 2.59. The van der Waals surface area contributed by atoms with Crippen molar-refractivity contribution in [2.75, 3.05) is 7.11 Å². The van der Waals surface area contributed by atoms with Crippen molar-refractivity contribution in [2.45, 2.75) is 19.9 Å². The van der Waals surface area contributed by atoms with Crippen LogP contribution in [-0.2, 0) is 13.0 Å². The molecule has 1 aromatic carbocycles. The molecule has 2 aromatic heterocycles. The van der Waals surface area contributed by atoms with Crippen molar-refractivity contribution in [2.24, 2.45) is 5.73 Å². The van der Waals surface area contributed by atoms with E-state index in [9.17, 15) is 0 Å². The highest BCUT2D eigenvalue weighted by molar-refractivity contribution is 5.51. The summed E-state index contributed by atoms with van der Waals surface area (Å²) in [5, 5.41) is 0. The Bertz CT molecular complexity index is 760. The van der Waals surface area contributed by atoms with E-state index in [-0.39, 0.29) is 0 Å². The van der Waals surface area contributed by atoms with Crippen LogP contribution >= 0.6 is 0 Å². The van der Waals surface area contributed by atoms with Gasteiger partial charge in [0.25, 0.3) is 0 Å². The standard InChI is InChI=1S/C17H19N3O/c1-12-4-3-9-20-16(11-18)15(19-17(12)20)10-13-5-7-14(21-2)8-6-13/h3-9H,10-11,18H2,1-2H3. The minimum atomic E-state index is 0.482. The molecule has 4 heteroatoms. The van der Waals surface area contributed by atoms with E-state index in [1.807, 2.05) is 24.4 Å². The number of rotatable bonds is 4. The normalized spacial score (nSPS) is 11.0. The molecule has 0 radical (unpaired) electrons. The SMILES string of the molecule is COc1ccc(Cc2nc3c(C)cccn3c2CN)cc1. The Hall–Kier alpha value is -2.33. The third kappa shape index (κ3) is 2.50. The number of aryl methyl sites for hydroxylation is 1. The minimum absolute atomic E-state index is 0.482. The number of fused-ring (bicyclic) bond motifs is 1. The van der Waals surface area contributed by atoms with Crippen LogP contribution in [0.15, 0.2) is 42.6 Å². The van der Waals surface area contributed by atoms with E-state index in [4.69, 9.17) is 15.5 Å². The Balaban J connectivity index is 2.01. The molecular formula is C17H19N3O. The molecule has 108 valence electrons. The first-order chi connectivity index (χ1) is 10.2. The van der Waals surface area contributed by atoms with Crippen molar-refractivity contribution in [1.29, 1.82) is 0 Å². The number of benzene rings is 1. The van der Waals surface area contributed by atoms with Crippen molar-refractivity contribution < 1.29 is 4.74 Å². The zero-order valence-electron chi connectivity index (χ0n) is 12.3. The molecule has 2 heterocycles. The first-order valence-electron chi connectivity index (χ1n) is 7.01. The summed E-state index contributed by atoms with van der Waals surface area (Å²) in [6.45, 7) is 2.55. The Kier molecular flexibility index (Phi) is 3.62. The average molecular weight is 281 g/mol. The second-order valence-electron chi connectivity index (χ2n) is 5.12. The number of hydrogen-bond acceptors (Lipinski definition) is 3. The summed E-state index contributed by atoms with van der Waals surface area (Å²) in [6.07, 6.45) is 2.80. The van der Waals surface area contributed by atoms with E-state index in [0.717, 1.165) is 34.8 Å². The number of imidazole rings is 1. The number of hydrogen-bond donors (Lipinski definition) is 1. The van der Waals surface area contributed by atoms with Gasteiger partial charge in [0.1, 0.15) is 11.4 Å². The molecule has 0 unspecified atom stereocenters. The van der Waals surface area contributed by atoms with Gasteiger partial charge in [0.15, 0.2) is 0 Å². The molecule has 0 aliphatic rings. The molecule has 3 rings (SSSR count). The molecule has 0 fully saturated rings. The average Bonchev–Trinajstić information content (AvgIpc) is 2.87. The summed E-state index contributed by atoms with van der Waals surface area (Å²) in [5.74, 6) is 0.864. The number of nitrogens with zero attached hydrogens (tertiary/aromatic N) is 2. The molecule has 2 N–H and O–H groups in total. The van der Waals surface area contributed by atoms with Gasteiger partial charge in [0, 0.05) is 19.2 Å². The molecule has 0 saturated heterocycles. The van der Waals surface area contributed by atoms with E-state index in [1.54, 1.807) is 7.11 Å². The topological polar surface area (TPSA) is 52.5 Å². The van der Waals surface area contributed by atoms with Gasteiger partial charge in [-0.05, 0) is 36.2 Å². The summed E-state index contributed by atoms with van der Waals surface area (Å²) >= 11 is 0. The lowest BCUT2D eigenvalue weighted by Gasteiger charge is -2.04. The summed E-state index contributed by atoms with van der Waals surface area (Å²) in [5.41, 5.74) is 11.4. The zero-order chi connectivity index (χ0) is 14.8. The maximum atomic E-state index is 5.93. The first-order valence-corrected chi connectivity index (χ1v) is 7.01. The fraction of sp³-hybridized carbons (Fsp3) is 0.235. The van der Waals surface area contributed by atoms with Crippen LogP contribution < -0.4 is 10.5 Å². The Morgan fingerprint density at radius 1 is 1.19 bits per heavy atom. The second-order valence-corrected chi connectivity index (χ2v) is 5.12. The summed E-state index contributed by atoms with van der Waals surface area (Å²) < 4.78 is 7.28. The van der Waals surface area contributed by atoms with Gasteiger partial charge in [-0.25, -0.2) is 4.98 Å². The highest BCUT2D eigenvalue weighted by atomic mass is 16.5. The number of pyridine rings is 1. The van der Waals surface area contributed by atoms with Crippen LogP contribution in [0.5, 0.6) is 5.75 Å². The molecule has 4 nitrogen and oxygen atoms in total. The molecule has 0 aliphatic carbocycles. The Labute approximate surface area is 124 Å². The monoisotopic (exact) mass is 281 g/mol. The number of aromatic nitrogens is 2. The van der Waals surface area contributed by atoms with Gasteiger partial charge in [-0.1, -0.05) is 18.2 Å². The first kappa shape index (κ1) is 13.6. The van der Waals surface area contributed by atoms with Gasteiger partial charge in [-0.15, -0.1) is 0 Å². The summed E-state index contributed by atoms with van der Waals surface area (Å²) in [4.78, 5) is 4.77. The van der Waals surface area contributed by atoms with Gasteiger partial charge >= 0.3 is 0 Å². The molecule has 0 atom stereocenters. The Morgan fingerprint density at radius 3 is 2.62 bits per heavy atom. The van der Waals surface area contributed by atoms with Crippen LogP contribution in [0.2, 0.25) is 0 Å². The predicted molar refractivity (Wildman–Crippen MR) is 83.6 cm³/mol. The molecule has 21 heavy (non-hydrogen) atoms. The van der Waals surface area contributed by atoms with E-state index in [2.05, 4.69) is 29.5 Å². The lowest BCUT2D eigenvalue weighted by Crippen LogP contribution is -2.04. The molecule has 3 aromatic rings. The van der Waals surface area contributed by atoms with Gasteiger partial charge < -0.3 is 14.9 Å². The van der Waals surface area contributed by atoms with Crippen LogP contribution in [-0.4, -0.2) is 16.5 Å². The van der Waals surface area contributed by atoms with Crippen molar-refractivity contribution >= 4 is 5.65 Å². The highest BCUT2D eigenvalue weighted by Crippen LogP contribution is 2.20. The zero-order valence-corrected chi connectivity index (χ0v) is 12.3. The maximum Gasteiger partial charge on any atom is 0.140 e. The van der Waals surface area contributed by atoms with Crippen molar-refractivity contribution in [3.8, 4) is 5.75 Å². The van der Waals surface area contributed by atoms with Gasteiger partial charge in [0.05, 0.1) is 18.5 Å². The summed E-state index contributed by atoms with van der Waals surface area (Å²) in [6, 6.07) is 12.2. The number of nitrogens with two attached hydrogens (primary N) is 1. The third-order valence-electron chi connectivity index (χ3n) is 3.75. The van der Waals surface area contributed by atoms with Crippen LogP contribution in [0.3, 0.4) is 0 Å². The molecular weight excluding hydrogens is 262 g/mol. The molecule has 0 bridgehead atoms. The van der Waals surface area contributed by atoms with Crippen molar-refractivity contribution in [1.82, 2.24) is 9.38 Å². The fourth-order valence-electron chi connectivity index (χ4n) is 2.59. The Morgan fingerprint density at radius 2 is 1.95 bits per heavy atom. The van der Waals surface area contributed by atoms with Gasteiger partial charge in [-0.3, -0.25) is 0 Å². The van der Waals surface area contributed by atoms with Gasteiger partial charge in [-0.2, -0.15) is 0 Å². The molecule has 0 spiro atoms. The summed E-state index contributed by atoms with van der Waals surface area (Å²) in [7, 11) is 1.67. The van der Waals surface area contributed by atoms with E-state index in [0.29, 0.717) is 6.54 Å².